The van der Waals surface area contributed by atoms with Crippen LogP contribution in [-0.4, -0.2) is 27.8 Å². The Labute approximate surface area is 143 Å². The SMILES string of the molecule is Cc1ccc(-n2c(NCCO)nc3c(oc4ccccc43)c2=O)cc1. The Balaban J connectivity index is 2.05. The van der Waals surface area contributed by atoms with Gasteiger partial charge in [-0.25, -0.2) is 9.55 Å². The largest absolute Gasteiger partial charge is 0.448 e. The Morgan fingerprint density at radius 3 is 2.68 bits per heavy atom. The molecule has 0 saturated carbocycles. The highest BCUT2D eigenvalue weighted by Gasteiger charge is 2.18. The van der Waals surface area contributed by atoms with Crippen LogP contribution in [0.4, 0.5) is 5.95 Å². The number of rotatable bonds is 4. The normalized spacial score (nSPS) is 11.3. The molecule has 0 atom stereocenters. The average Bonchev–Trinajstić information content (AvgIpc) is 3.00. The van der Waals surface area contributed by atoms with E-state index in [1.54, 1.807) is 0 Å². The minimum atomic E-state index is -0.287. The zero-order chi connectivity index (χ0) is 17.4. The standard InChI is InChI=1S/C19H17N3O3/c1-12-6-8-13(9-7-12)22-18(24)17-16(21-19(22)20-10-11-23)14-4-2-3-5-15(14)25-17/h2-9,23H,10-11H2,1H3,(H,20,21). The summed E-state index contributed by atoms with van der Waals surface area (Å²) in [6, 6.07) is 15.0. The molecule has 0 unspecified atom stereocenters. The number of furan rings is 1. The maximum Gasteiger partial charge on any atom is 0.303 e. The summed E-state index contributed by atoms with van der Waals surface area (Å²) < 4.78 is 7.23. The second kappa shape index (κ2) is 6.07. The Kier molecular flexibility index (Phi) is 3.74. The molecule has 6 heteroatoms. The van der Waals surface area contributed by atoms with Crippen molar-refractivity contribution >= 4 is 28.0 Å². The molecule has 0 radical (unpaired) electrons. The molecule has 2 aromatic carbocycles. The summed E-state index contributed by atoms with van der Waals surface area (Å²) in [4.78, 5) is 17.7. The molecule has 2 heterocycles. The van der Waals surface area contributed by atoms with Crippen molar-refractivity contribution in [2.75, 3.05) is 18.5 Å². The lowest BCUT2D eigenvalue weighted by Crippen LogP contribution is -2.24. The molecule has 0 aliphatic rings. The van der Waals surface area contributed by atoms with Gasteiger partial charge in [0.15, 0.2) is 0 Å². The highest BCUT2D eigenvalue weighted by Crippen LogP contribution is 2.26. The van der Waals surface area contributed by atoms with Gasteiger partial charge in [-0.05, 0) is 31.2 Å². The molecular weight excluding hydrogens is 318 g/mol. The van der Waals surface area contributed by atoms with Gasteiger partial charge in [-0.1, -0.05) is 29.8 Å². The number of para-hydroxylation sites is 1. The maximum absolute atomic E-state index is 13.1. The zero-order valence-corrected chi connectivity index (χ0v) is 13.7. The molecule has 4 rings (SSSR count). The van der Waals surface area contributed by atoms with Crippen LogP contribution in [0.1, 0.15) is 5.56 Å². The number of hydrogen-bond donors (Lipinski definition) is 2. The number of aromatic nitrogens is 2. The van der Waals surface area contributed by atoms with Crippen molar-refractivity contribution in [1.29, 1.82) is 0 Å². The Bertz CT molecular complexity index is 1110. The minimum absolute atomic E-state index is 0.0616. The van der Waals surface area contributed by atoms with Crippen LogP contribution in [0.25, 0.3) is 27.8 Å². The predicted molar refractivity (Wildman–Crippen MR) is 97.4 cm³/mol. The molecular formula is C19H17N3O3. The van der Waals surface area contributed by atoms with E-state index >= 15 is 0 Å². The molecule has 4 aromatic rings. The fourth-order valence-electron chi connectivity index (χ4n) is 2.86. The Morgan fingerprint density at radius 1 is 1.16 bits per heavy atom. The van der Waals surface area contributed by atoms with Crippen molar-refractivity contribution in [1.82, 2.24) is 9.55 Å². The number of aryl methyl sites for hydroxylation is 1. The van der Waals surface area contributed by atoms with E-state index in [2.05, 4.69) is 10.3 Å². The number of aliphatic hydroxyl groups is 1. The van der Waals surface area contributed by atoms with Gasteiger partial charge in [-0.3, -0.25) is 4.79 Å². The molecule has 6 nitrogen and oxygen atoms in total. The third-order valence-electron chi connectivity index (χ3n) is 4.08. The summed E-state index contributed by atoms with van der Waals surface area (Å²) in [6.07, 6.45) is 0. The maximum atomic E-state index is 13.1. The molecule has 2 N–H and O–H groups in total. The van der Waals surface area contributed by atoms with Gasteiger partial charge in [0.1, 0.15) is 11.1 Å². The smallest absolute Gasteiger partial charge is 0.303 e. The van der Waals surface area contributed by atoms with Gasteiger partial charge >= 0.3 is 5.56 Å². The number of hydrogen-bond acceptors (Lipinski definition) is 5. The van der Waals surface area contributed by atoms with E-state index < -0.39 is 0 Å². The number of nitrogens with zero attached hydrogens (tertiary/aromatic N) is 2. The average molecular weight is 335 g/mol. The van der Waals surface area contributed by atoms with Crippen LogP contribution in [0.15, 0.2) is 57.7 Å². The van der Waals surface area contributed by atoms with Crippen molar-refractivity contribution < 1.29 is 9.52 Å². The van der Waals surface area contributed by atoms with Crippen molar-refractivity contribution in [3.8, 4) is 5.69 Å². The molecule has 126 valence electrons. The molecule has 0 aliphatic carbocycles. The van der Waals surface area contributed by atoms with Crippen molar-refractivity contribution in [3.05, 3.63) is 64.4 Å². The quantitative estimate of drug-likeness (QED) is 0.599. The number of aliphatic hydroxyl groups excluding tert-OH is 1. The van der Waals surface area contributed by atoms with Gasteiger partial charge in [-0.2, -0.15) is 0 Å². The van der Waals surface area contributed by atoms with E-state index in [9.17, 15) is 4.79 Å². The first-order chi connectivity index (χ1) is 12.2. The van der Waals surface area contributed by atoms with E-state index in [0.29, 0.717) is 29.3 Å². The molecule has 0 fully saturated rings. The van der Waals surface area contributed by atoms with Gasteiger partial charge < -0.3 is 14.8 Å². The van der Waals surface area contributed by atoms with Crippen molar-refractivity contribution in [2.24, 2.45) is 0 Å². The molecule has 0 saturated heterocycles. The molecule has 25 heavy (non-hydrogen) atoms. The third kappa shape index (κ3) is 2.56. The van der Waals surface area contributed by atoms with Crippen LogP contribution in [0.2, 0.25) is 0 Å². The number of anilines is 1. The second-order valence-electron chi connectivity index (χ2n) is 5.84. The first-order valence-corrected chi connectivity index (χ1v) is 8.05. The summed E-state index contributed by atoms with van der Waals surface area (Å²) in [5, 5.41) is 13.0. The summed E-state index contributed by atoms with van der Waals surface area (Å²) >= 11 is 0. The minimum Gasteiger partial charge on any atom is -0.448 e. The summed E-state index contributed by atoms with van der Waals surface area (Å²) in [7, 11) is 0. The van der Waals surface area contributed by atoms with Gasteiger partial charge in [0.2, 0.25) is 11.5 Å². The van der Waals surface area contributed by atoms with E-state index in [4.69, 9.17) is 9.52 Å². The highest BCUT2D eigenvalue weighted by molar-refractivity contribution is 6.02. The third-order valence-corrected chi connectivity index (χ3v) is 4.08. The first kappa shape index (κ1) is 15.4. The summed E-state index contributed by atoms with van der Waals surface area (Å²) in [6.45, 7) is 2.21. The van der Waals surface area contributed by atoms with Crippen LogP contribution in [0.3, 0.4) is 0 Å². The predicted octanol–water partition coefficient (Wildman–Crippen LogP) is 2.84. The number of fused-ring (bicyclic) bond motifs is 3. The van der Waals surface area contributed by atoms with Crippen LogP contribution in [0, 0.1) is 6.92 Å². The monoisotopic (exact) mass is 335 g/mol. The van der Waals surface area contributed by atoms with Gasteiger partial charge in [0.05, 0.1) is 12.3 Å². The highest BCUT2D eigenvalue weighted by atomic mass is 16.3. The van der Waals surface area contributed by atoms with Crippen LogP contribution >= 0.6 is 0 Å². The Morgan fingerprint density at radius 2 is 1.92 bits per heavy atom. The van der Waals surface area contributed by atoms with E-state index in [1.165, 1.54) is 4.57 Å². The van der Waals surface area contributed by atoms with Crippen LogP contribution < -0.4 is 10.9 Å². The number of nitrogens with one attached hydrogen (secondary N) is 1. The zero-order valence-electron chi connectivity index (χ0n) is 13.7. The molecule has 0 amide bonds. The molecule has 0 aliphatic heterocycles. The lowest BCUT2D eigenvalue weighted by Gasteiger charge is -2.13. The van der Waals surface area contributed by atoms with Crippen molar-refractivity contribution in [3.63, 3.8) is 0 Å². The molecule has 0 spiro atoms. The van der Waals surface area contributed by atoms with Crippen molar-refractivity contribution in [2.45, 2.75) is 6.92 Å². The summed E-state index contributed by atoms with van der Waals surface area (Å²) in [5.74, 6) is 0.377. The first-order valence-electron chi connectivity index (χ1n) is 8.05. The summed E-state index contributed by atoms with van der Waals surface area (Å²) in [5.41, 5.74) is 2.86. The van der Waals surface area contributed by atoms with Crippen LogP contribution in [0.5, 0.6) is 0 Å². The fraction of sp³-hybridized carbons (Fsp3) is 0.158. The lowest BCUT2D eigenvalue weighted by atomic mass is 10.2. The fourth-order valence-corrected chi connectivity index (χ4v) is 2.86. The lowest BCUT2D eigenvalue weighted by molar-refractivity contribution is 0.310. The van der Waals surface area contributed by atoms with E-state index in [-0.39, 0.29) is 17.7 Å². The molecule has 0 bridgehead atoms. The number of benzene rings is 2. The Hall–Kier alpha value is -3.12. The van der Waals surface area contributed by atoms with Gasteiger partial charge in [0.25, 0.3) is 0 Å². The van der Waals surface area contributed by atoms with E-state index in [1.807, 2.05) is 55.5 Å². The topological polar surface area (TPSA) is 80.3 Å². The van der Waals surface area contributed by atoms with Gasteiger partial charge in [-0.15, -0.1) is 0 Å². The van der Waals surface area contributed by atoms with E-state index in [0.717, 1.165) is 10.9 Å². The van der Waals surface area contributed by atoms with Gasteiger partial charge in [0, 0.05) is 11.9 Å². The second-order valence-corrected chi connectivity index (χ2v) is 5.84. The van der Waals surface area contributed by atoms with Crippen LogP contribution in [-0.2, 0) is 0 Å². The molecule has 2 aromatic heterocycles.